The smallest absolute Gasteiger partial charge is 0.361 e. The van der Waals surface area contributed by atoms with Crippen LogP contribution in [0.1, 0.15) is 23.0 Å². The summed E-state index contributed by atoms with van der Waals surface area (Å²) in [6.07, 6.45) is 2.50. The first-order valence-corrected chi connectivity index (χ1v) is 6.24. The molecule has 5 nitrogen and oxygen atoms in total. The Morgan fingerprint density at radius 3 is 2.79 bits per heavy atom. The molecule has 0 spiro atoms. The van der Waals surface area contributed by atoms with Crippen LogP contribution in [0.5, 0.6) is 0 Å². The van der Waals surface area contributed by atoms with Gasteiger partial charge in [0.15, 0.2) is 5.69 Å². The van der Waals surface area contributed by atoms with E-state index < -0.39 is 5.97 Å². The summed E-state index contributed by atoms with van der Waals surface area (Å²) in [7, 11) is 0. The number of esters is 1. The van der Waals surface area contributed by atoms with Gasteiger partial charge < -0.3 is 10.5 Å². The van der Waals surface area contributed by atoms with Gasteiger partial charge in [0.25, 0.3) is 0 Å². The third-order valence-electron chi connectivity index (χ3n) is 2.73. The summed E-state index contributed by atoms with van der Waals surface area (Å²) in [4.78, 5) is 11.6. The van der Waals surface area contributed by atoms with Crippen molar-refractivity contribution in [1.82, 2.24) is 9.78 Å². The molecule has 0 aliphatic rings. The third-order valence-corrected chi connectivity index (χ3v) is 2.73. The number of aromatic nitrogens is 2. The Bertz CT molecular complexity index is 549. The van der Waals surface area contributed by atoms with Gasteiger partial charge >= 0.3 is 5.97 Å². The third kappa shape index (κ3) is 3.34. The first-order valence-electron chi connectivity index (χ1n) is 6.24. The summed E-state index contributed by atoms with van der Waals surface area (Å²) in [5, 5.41) is 4.16. The van der Waals surface area contributed by atoms with Crippen LogP contribution in [-0.4, -0.2) is 22.4 Å². The summed E-state index contributed by atoms with van der Waals surface area (Å²) in [6.45, 7) is 2.74. The lowest BCUT2D eigenvalue weighted by molar-refractivity contribution is 0.0519. The second-order valence-corrected chi connectivity index (χ2v) is 4.15. The van der Waals surface area contributed by atoms with Crippen LogP contribution < -0.4 is 5.73 Å². The standard InChI is InChI=1S/C14H17N3O2/c1-2-19-14(18)13-12(15)10-17(16-13)9-8-11-6-4-3-5-7-11/h3-7,10H,2,8-9,15H2,1H3. The van der Waals surface area contributed by atoms with E-state index in [1.54, 1.807) is 17.8 Å². The van der Waals surface area contributed by atoms with Gasteiger partial charge in [-0.15, -0.1) is 0 Å². The summed E-state index contributed by atoms with van der Waals surface area (Å²) in [5.41, 5.74) is 7.52. The number of ether oxygens (including phenoxy) is 1. The quantitative estimate of drug-likeness (QED) is 0.832. The normalized spacial score (nSPS) is 10.4. The van der Waals surface area contributed by atoms with Crippen molar-refractivity contribution in [3.63, 3.8) is 0 Å². The van der Waals surface area contributed by atoms with Gasteiger partial charge in [-0.2, -0.15) is 5.10 Å². The number of nitrogens with zero attached hydrogens (tertiary/aromatic N) is 2. The molecule has 0 radical (unpaired) electrons. The highest BCUT2D eigenvalue weighted by molar-refractivity contribution is 5.92. The van der Waals surface area contributed by atoms with E-state index in [0.717, 1.165) is 6.42 Å². The lowest BCUT2D eigenvalue weighted by Gasteiger charge is -2.01. The molecule has 19 heavy (non-hydrogen) atoms. The number of anilines is 1. The highest BCUT2D eigenvalue weighted by Gasteiger charge is 2.15. The predicted octanol–water partition coefficient (Wildman–Crippen LogP) is 1.88. The van der Waals surface area contributed by atoms with Gasteiger partial charge in [0.05, 0.1) is 12.3 Å². The van der Waals surface area contributed by atoms with E-state index in [1.165, 1.54) is 5.56 Å². The van der Waals surface area contributed by atoms with E-state index in [-0.39, 0.29) is 5.69 Å². The van der Waals surface area contributed by atoms with Crippen molar-refractivity contribution in [2.45, 2.75) is 19.9 Å². The predicted molar refractivity (Wildman–Crippen MR) is 72.7 cm³/mol. The van der Waals surface area contributed by atoms with Crippen LogP contribution >= 0.6 is 0 Å². The number of carbonyl (C=O) groups is 1. The molecular weight excluding hydrogens is 242 g/mol. The van der Waals surface area contributed by atoms with Crippen molar-refractivity contribution < 1.29 is 9.53 Å². The monoisotopic (exact) mass is 259 g/mol. The van der Waals surface area contributed by atoms with Crippen LogP contribution in [0.4, 0.5) is 5.69 Å². The Morgan fingerprint density at radius 1 is 1.37 bits per heavy atom. The van der Waals surface area contributed by atoms with Gasteiger partial charge in [-0.3, -0.25) is 4.68 Å². The molecule has 2 N–H and O–H groups in total. The van der Waals surface area contributed by atoms with Gasteiger partial charge in [-0.25, -0.2) is 4.79 Å². The van der Waals surface area contributed by atoms with E-state index in [9.17, 15) is 4.79 Å². The molecule has 0 amide bonds. The Hall–Kier alpha value is -2.30. The van der Waals surface area contributed by atoms with Crippen molar-refractivity contribution in [3.8, 4) is 0 Å². The van der Waals surface area contributed by atoms with Gasteiger partial charge in [-0.1, -0.05) is 30.3 Å². The Balaban J connectivity index is 2.02. The zero-order valence-corrected chi connectivity index (χ0v) is 10.9. The van der Waals surface area contributed by atoms with Crippen molar-refractivity contribution in [3.05, 3.63) is 47.8 Å². The molecule has 1 aromatic heterocycles. The van der Waals surface area contributed by atoms with Crippen molar-refractivity contribution in [2.24, 2.45) is 0 Å². The lowest BCUT2D eigenvalue weighted by Crippen LogP contribution is -2.09. The van der Waals surface area contributed by atoms with Gasteiger partial charge in [0.2, 0.25) is 0 Å². The van der Waals surface area contributed by atoms with E-state index in [4.69, 9.17) is 10.5 Å². The molecule has 0 unspecified atom stereocenters. The molecule has 2 rings (SSSR count). The first kappa shape index (κ1) is 13.1. The number of hydrogen-bond donors (Lipinski definition) is 1. The fraction of sp³-hybridized carbons (Fsp3) is 0.286. The number of benzene rings is 1. The summed E-state index contributed by atoms with van der Waals surface area (Å²) in [5.74, 6) is -0.474. The minimum absolute atomic E-state index is 0.190. The molecule has 0 atom stereocenters. The van der Waals surface area contributed by atoms with E-state index in [2.05, 4.69) is 17.2 Å². The van der Waals surface area contributed by atoms with Crippen LogP contribution in [-0.2, 0) is 17.7 Å². The molecule has 1 aromatic carbocycles. The maximum Gasteiger partial charge on any atom is 0.361 e. The topological polar surface area (TPSA) is 70.1 Å². The highest BCUT2D eigenvalue weighted by atomic mass is 16.5. The molecule has 0 saturated carbocycles. The SMILES string of the molecule is CCOC(=O)c1nn(CCc2ccccc2)cc1N. The molecule has 100 valence electrons. The van der Waals surface area contributed by atoms with Crippen LogP contribution in [0.15, 0.2) is 36.5 Å². The Morgan fingerprint density at radius 2 is 2.11 bits per heavy atom. The van der Waals surface area contributed by atoms with Gasteiger partial charge in [-0.05, 0) is 18.9 Å². The largest absolute Gasteiger partial charge is 0.461 e. The van der Waals surface area contributed by atoms with Crippen molar-refractivity contribution in [1.29, 1.82) is 0 Å². The molecule has 2 aromatic rings. The number of nitrogen functional groups attached to an aromatic ring is 1. The summed E-state index contributed by atoms with van der Waals surface area (Å²) in [6, 6.07) is 10.1. The molecule has 0 fully saturated rings. The average molecular weight is 259 g/mol. The fourth-order valence-electron chi connectivity index (χ4n) is 1.80. The van der Waals surface area contributed by atoms with Crippen molar-refractivity contribution in [2.75, 3.05) is 12.3 Å². The molecule has 0 aliphatic carbocycles. The van der Waals surface area contributed by atoms with E-state index in [1.807, 2.05) is 18.2 Å². The van der Waals surface area contributed by atoms with Crippen LogP contribution in [0.25, 0.3) is 0 Å². The minimum Gasteiger partial charge on any atom is -0.461 e. The average Bonchev–Trinajstić information content (AvgIpc) is 2.79. The number of carbonyl (C=O) groups excluding carboxylic acids is 1. The van der Waals surface area contributed by atoms with Crippen LogP contribution in [0.2, 0.25) is 0 Å². The van der Waals surface area contributed by atoms with Gasteiger partial charge in [0, 0.05) is 12.7 Å². The fourth-order valence-corrected chi connectivity index (χ4v) is 1.80. The maximum atomic E-state index is 11.6. The minimum atomic E-state index is -0.474. The second-order valence-electron chi connectivity index (χ2n) is 4.15. The summed E-state index contributed by atoms with van der Waals surface area (Å²) < 4.78 is 6.57. The zero-order valence-electron chi connectivity index (χ0n) is 10.9. The highest BCUT2D eigenvalue weighted by Crippen LogP contribution is 2.11. The molecule has 0 aliphatic heterocycles. The molecule has 5 heteroatoms. The van der Waals surface area contributed by atoms with Crippen molar-refractivity contribution >= 4 is 11.7 Å². The number of nitrogens with two attached hydrogens (primary N) is 1. The number of rotatable bonds is 5. The van der Waals surface area contributed by atoms with E-state index >= 15 is 0 Å². The molecule has 0 bridgehead atoms. The zero-order chi connectivity index (χ0) is 13.7. The van der Waals surface area contributed by atoms with Crippen LogP contribution in [0.3, 0.4) is 0 Å². The maximum absolute atomic E-state index is 11.6. The molecule has 0 saturated heterocycles. The molecule has 1 heterocycles. The van der Waals surface area contributed by atoms with E-state index in [0.29, 0.717) is 18.8 Å². The summed E-state index contributed by atoms with van der Waals surface area (Å²) >= 11 is 0. The number of hydrogen-bond acceptors (Lipinski definition) is 4. The lowest BCUT2D eigenvalue weighted by atomic mass is 10.1. The first-order chi connectivity index (χ1) is 9.20. The number of aryl methyl sites for hydroxylation is 2. The Labute approximate surface area is 112 Å². The second kappa shape index (κ2) is 6.04. The Kier molecular flexibility index (Phi) is 4.18. The molecular formula is C14H17N3O2. The van der Waals surface area contributed by atoms with Gasteiger partial charge in [0.1, 0.15) is 0 Å². The van der Waals surface area contributed by atoms with Crippen LogP contribution in [0, 0.1) is 0 Å².